The summed E-state index contributed by atoms with van der Waals surface area (Å²) >= 11 is 0. The van der Waals surface area contributed by atoms with Crippen molar-refractivity contribution in [1.29, 1.82) is 5.26 Å². The molecule has 0 radical (unpaired) electrons. The summed E-state index contributed by atoms with van der Waals surface area (Å²) in [5, 5.41) is 12.1. The molecule has 5 nitrogen and oxygen atoms in total. The Labute approximate surface area is 175 Å². The summed E-state index contributed by atoms with van der Waals surface area (Å²) in [6.07, 6.45) is 1.85. The predicted octanol–water partition coefficient (Wildman–Crippen LogP) is 5.03. The van der Waals surface area contributed by atoms with Gasteiger partial charge < -0.3 is 14.8 Å². The van der Waals surface area contributed by atoms with Crippen molar-refractivity contribution in [2.75, 3.05) is 11.9 Å². The first kappa shape index (κ1) is 19.3. The fourth-order valence-corrected chi connectivity index (χ4v) is 3.36. The molecule has 5 heteroatoms. The monoisotopic (exact) mass is 396 g/mol. The Morgan fingerprint density at radius 2 is 1.80 bits per heavy atom. The van der Waals surface area contributed by atoms with Crippen molar-refractivity contribution in [2.45, 2.75) is 13.5 Å². The third kappa shape index (κ3) is 3.89. The highest BCUT2D eigenvalue weighted by atomic mass is 16.5. The van der Waals surface area contributed by atoms with Gasteiger partial charge in [0.15, 0.2) is 11.5 Å². The molecular formula is C25H20N2O3. The number of benzene rings is 3. The smallest absolute Gasteiger partial charge is 0.256 e. The second-order valence-corrected chi connectivity index (χ2v) is 6.75. The van der Waals surface area contributed by atoms with Gasteiger partial charge in [-0.05, 0) is 42.8 Å². The normalized spacial score (nSPS) is 13.5. The first-order chi connectivity index (χ1) is 14.7. The number of nitriles is 1. The van der Waals surface area contributed by atoms with E-state index in [1.165, 1.54) is 0 Å². The summed E-state index contributed by atoms with van der Waals surface area (Å²) in [7, 11) is 0. The van der Waals surface area contributed by atoms with Gasteiger partial charge in [0.05, 0.1) is 18.2 Å². The van der Waals surface area contributed by atoms with Crippen LogP contribution in [-0.2, 0) is 11.4 Å². The van der Waals surface area contributed by atoms with Crippen molar-refractivity contribution in [3.05, 3.63) is 89.0 Å². The summed E-state index contributed by atoms with van der Waals surface area (Å²) < 4.78 is 11.7. The molecule has 0 saturated heterocycles. The fourth-order valence-electron chi connectivity index (χ4n) is 3.36. The minimum absolute atomic E-state index is 0.123. The summed E-state index contributed by atoms with van der Waals surface area (Å²) in [5.74, 6) is 1.05. The molecule has 1 heterocycles. The zero-order valence-corrected chi connectivity index (χ0v) is 16.5. The summed E-state index contributed by atoms with van der Waals surface area (Å²) in [5.41, 5.74) is 4.55. The van der Waals surface area contributed by atoms with Crippen LogP contribution in [0.4, 0.5) is 5.69 Å². The Balaban J connectivity index is 1.61. The van der Waals surface area contributed by atoms with Gasteiger partial charge in [0, 0.05) is 22.4 Å². The van der Waals surface area contributed by atoms with Crippen molar-refractivity contribution in [1.82, 2.24) is 0 Å². The van der Waals surface area contributed by atoms with Gasteiger partial charge in [0.25, 0.3) is 5.91 Å². The minimum atomic E-state index is -0.123. The molecule has 148 valence electrons. The topological polar surface area (TPSA) is 71.3 Å². The van der Waals surface area contributed by atoms with Gasteiger partial charge in [0.1, 0.15) is 6.61 Å². The zero-order valence-electron chi connectivity index (χ0n) is 16.5. The molecule has 0 spiro atoms. The number of fused-ring (bicyclic) bond motifs is 1. The third-order valence-electron chi connectivity index (χ3n) is 4.81. The molecule has 30 heavy (non-hydrogen) atoms. The van der Waals surface area contributed by atoms with Crippen LogP contribution >= 0.6 is 0 Å². The minimum Gasteiger partial charge on any atom is -0.490 e. The van der Waals surface area contributed by atoms with E-state index in [2.05, 4.69) is 11.4 Å². The zero-order chi connectivity index (χ0) is 20.9. The van der Waals surface area contributed by atoms with Crippen LogP contribution in [0.5, 0.6) is 11.5 Å². The van der Waals surface area contributed by atoms with Crippen molar-refractivity contribution in [3.63, 3.8) is 0 Å². The number of anilines is 1. The van der Waals surface area contributed by atoms with E-state index in [4.69, 9.17) is 9.47 Å². The summed E-state index contributed by atoms with van der Waals surface area (Å²) in [6.45, 7) is 2.65. The number of para-hydroxylation sites is 1. The fraction of sp³-hybridized carbons (Fsp3) is 0.120. The second-order valence-electron chi connectivity index (χ2n) is 6.75. The maximum atomic E-state index is 12.4. The maximum Gasteiger partial charge on any atom is 0.256 e. The number of carbonyl (C=O) groups excluding carboxylic acids is 1. The van der Waals surface area contributed by atoms with Crippen LogP contribution in [0.2, 0.25) is 0 Å². The lowest BCUT2D eigenvalue weighted by Gasteiger charge is -2.13. The molecule has 0 atom stereocenters. The van der Waals surface area contributed by atoms with E-state index in [9.17, 15) is 10.1 Å². The average molecular weight is 396 g/mol. The summed E-state index contributed by atoms with van der Waals surface area (Å²) in [4.78, 5) is 12.4. The lowest BCUT2D eigenvalue weighted by atomic mass is 10.0. The molecule has 0 saturated carbocycles. The van der Waals surface area contributed by atoms with Crippen LogP contribution < -0.4 is 14.8 Å². The van der Waals surface area contributed by atoms with Crippen LogP contribution in [0.15, 0.2) is 66.7 Å². The molecule has 0 aromatic heterocycles. The number of amides is 1. The Morgan fingerprint density at radius 3 is 2.63 bits per heavy atom. The molecule has 3 aromatic rings. The van der Waals surface area contributed by atoms with Crippen molar-refractivity contribution in [3.8, 4) is 17.6 Å². The van der Waals surface area contributed by atoms with Crippen molar-refractivity contribution >= 4 is 23.2 Å². The third-order valence-corrected chi connectivity index (χ3v) is 4.81. The predicted molar refractivity (Wildman–Crippen MR) is 116 cm³/mol. The van der Waals surface area contributed by atoms with Gasteiger partial charge in [-0.15, -0.1) is 0 Å². The average Bonchev–Trinajstić information content (AvgIpc) is 3.08. The van der Waals surface area contributed by atoms with Crippen molar-refractivity contribution in [2.24, 2.45) is 0 Å². The van der Waals surface area contributed by atoms with Crippen LogP contribution in [0, 0.1) is 11.3 Å². The molecule has 4 rings (SSSR count). The molecular weight excluding hydrogens is 376 g/mol. The van der Waals surface area contributed by atoms with E-state index in [-0.39, 0.29) is 12.5 Å². The molecule has 1 aliphatic rings. The van der Waals surface area contributed by atoms with Gasteiger partial charge in [-0.1, -0.05) is 42.5 Å². The Hall–Kier alpha value is -4.04. The number of nitrogens with one attached hydrogen (secondary N) is 1. The van der Waals surface area contributed by atoms with Gasteiger partial charge in [-0.25, -0.2) is 0 Å². The van der Waals surface area contributed by atoms with Gasteiger partial charge in [0.2, 0.25) is 0 Å². The maximum absolute atomic E-state index is 12.4. The van der Waals surface area contributed by atoms with Crippen molar-refractivity contribution < 1.29 is 14.3 Å². The van der Waals surface area contributed by atoms with Crippen LogP contribution in [0.3, 0.4) is 0 Å². The Bertz CT molecular complexity index is 1180. The molecule has 0 aliphatic carbocycles. The van der Waals surface area contributed by atoms with Crippen LogP contribution in [0.25, 0.3) is 11.6 Å². The number of rotatable bonds is 6. The van der Waals surface area contributed by atoms with Crippen LogP contribution in [-0.4, -0.2) is 12.5 Å². The molecule has 0 fully saturated rings. The highest BCUT2D eigenvalue weighted by Gasteiger charge is 2.23. The molecule has 3 aromatic carbocycles. The SMILES string of the molecule is CCOc1cc(/C=C2\C(=O)Nc3ccccc32)ccc1OCc1ccccc1C#N. The number of hydrogen-bond donors (Lipinski definition) is 1. The Kier molecular flexibility index (Phi) is 5.49. The van der Waals surface area contributed by atoms with E-state index < -0.39 is 0 Å². The van der Waals surface area contributed by atoms with Gasteiger partial charge in [-0.3, -0.25) is 4.79 Å². The number of carbonyl (C=O) groups is 1. The second kappa shape index (κ2) is 8.54. The standard InChI is InChI=1S/C25H20N2O3/c1-2-29-24-14-17(13-21-20-9-5-6-10-22(20)27-25(21)28)11-12-23(24)30-16-19-8-4-3-7-18(19)15-26/h3-14H,2,16H2,1H3,(H,27,28)/b21-13-. The lowest BCUT2D eigenvalue weighted by Crippen LogP contribution is -2.04. The van der Waals surface area contributed by atoms with Crippen LogP contribution in [0.1, 0.15) is 29.2 Å². The van der Waals surface area contributed by atoms with Gasteiger partial charge >= 0.3 is 0 Å². The van der Waals surface area contributed by atoms with E-state index in [0.717, 1.165) is 22.4 Å². The molecule has 0 unspecified atom stereocenters. The molecule has 1 aliphatic heterocycles. The first-order valence-corrected chi connectivity index (χ1v) is 9.69. The number of ether oxygens (including phenoxy) is 2. The lowest BCUT2D eigenvalue weighted by molar-refractivity contribution is -0.110. The van der Waals surface area contributed by atoms with E-state index in [1.54, 1.807) is 6.07 Å². The summed E-state index contributed by atoms with van der Waals surface area (Å²) in [6, 6.07) is 22.7. The number of nitrogens with zero attached hydrogens (tertiary/aromatic N) is 1. The number of hydrogen-bond acceptors (Lipinski definition) is 4. The highest BCUT2D eigenvalue weighted by molar-refractivity contribution is 6.34. The van der Waals surface area contributed by atoms with E-state index in [1.807, 2.05) is 73.7 Å². The van der Waals surface area contributed by atoms with Gasteiger partial charge in [-0.2, -0.15) is 5.26 Å². The first-order valence-electron chi connectivity index (χ1n) is 9.69. The van der Waals surface area contributed by atoms with E-state index >= 15 is 0 Å². The Morgan fingerprint density at radius 1 is 1.00 bits per heavy atom. The van der Waals surface area contributed by atoms with E-state index in [0.29, 0.717) is 29.2 Å². The molecule has 0 bridgehead atoms. The highest BCUT2D eigenvalue weighted by Crippen LogP contribution is 2.35. The molecule has 1 N–H and O–H groups in total. The quantitative estimate of drug-likeness (QED) is 0.593. The molecule has 1 amide bonds. The largest absolute Gasteiger partial charge is 0.490 e.